The molecule has 0 bridgehead atoms. The van der Waals surface area contributed by atoms with Crippen LogP contribution in [0, 0.1) is 0 Å². The number of benzene rings is 2. The lowest BCUT2D eigenvalue weighted by Gasteiger charge is -2.14. The standard InChI is InChI=1S/C22H31N3O4.HI/c1-23-22(24-12-10-16-6-8-18(26-2)20(14-16)28-4)25-13-11-17-7-9-19(27-3)21(15-17)29-5;/h6-9,14-15H,10-13H2,1-5H3,(H2,23,24,25);1H. The molecule has 0 aromatic heterocycles. The number of ether oxygens (including phenoxy) is 4. The van der Waals surface area contributed by atoms with Crippen molar-refractivity contribution in [1.82, 2.24) is 10.6 Å². The van der Waals surface area contributed by atoms with E-state index in [1.54, 1.807) is 35.5 Å². The lowest BCUT2D eigenvalue weighted by Crippen LogP contribution is -2.39. The summed E-state index contributed by atoms with van der Waals surface area (Å²) in [5.74, 6) is 3.71. The summed E-state index contributed by atoms with van der Waals surface area (Å²) >= 11 is 0. The highest BCUT2D eigenvalue weighted by atomic mass is 127. The number of hydrogen-bond acceptors (Lipinski definition) is 5. The third-order valence-electron chi connectivity index (χ3n) is 4.53. The van der Waals surface area contributed by atoms with E-state index in [-0.39, 0.29) is 24.0 Å². The van der Waals surface area contributed by atoms with Crippen molar-refractivity contribution in [3.8, 4) is 23.0 Å². The summed E-state index contributed by atoms with van der Waals surface area (Å²) in [6.45, 7) is 1.51. The van der Waals surface area contributed by atoms with Crippen molar-refractivity contribution in [3.63, 3.8) is 0 Å². The second-order valence-electron chi connectivity index (χ2n) is 6.30. The van der Waals surface area contributed by atoms with Crippen LogP contribution < -0.4 is 29.6 Å². The molecule has 0 saturated carbocycles. The summed E-state index contributed by atoms with van der Waals surface area (Å²) in [5, 5.41) is 6.67. The third-order valence-corrected chi connectivity index (χ3v) is 4.53. The molecule has 0 unspecified atom stereocenters. The number of nitrogens with one attached hydrogen (secondary N) is 2. The van der Waals surface area contributed by atoms with Gasteiger partial charge in [-0.2, -0.15) is 0 Å². The Balaban J connectivity index is 0.00000450. The molecular weight excluding hydrogens is 497 g/mol. The van der Waals surface area contributed by atoms with E-state index < -0.39 is 0 Å². The van der Waals surface area contributed by atoms with E-state index in [0.29, 0.717) is 0 Å². The van der Waals surface area contributed by atoms with E-state index in [0.717, 1.165) is 66.0 Å². The van der Waals surface area contributed by atoms with Crippen LogP contribution in [0.25, 0.3) is 0 Å². The average molecular weight is 529 g/mol. The molecule has 30 heavy (non-hydrogen) atoms. The van der Waals surface area contributed by atoms with Gasteiger partial charge in [-0.3, -0.25) is 4.99 Å². The van der Waals surface area contributed by atoms with Crippen molar-refractivity contribution < 1.29 is 18.9 Å². The Bertz CT molecular complexity index is 751. The van der Waals surface area contributed by atoms with Crippen molar-refractivity contribution in [2.75, 3.05) is 48.6 Å². The molecular formula is C22H32IN3O4. The Morgan fingerprint density at radius 1 is 0.700 bits per heavy atom. The summed E-state index contributed by atoms with van der Waals surface area (Å²) < 4.78 is 21.3. The van der Waals surface area contributed by atoms with Gasteiger partial charge in [-0.15, -0.1) is 24.0 Å². The predicted molar refractivity (Wildman–Crippen MR) is 131 cm³/mol. The first-order chi connectivity index (χ1) is 14.1. The molecule has 0 fully saturated rings. The molecule has 8 heteroatoms. The highest BCUT2D eigenvalue weighted by Crippen LogP contribution is 2.28. The zero-order valence-electron chi connectivity index (χ0n) is 18.3. The first-order valence-electron chi connectivity index (χ1n) is 9.51. The van der Waals surface area contributed by atoms with Crippen LogP contribution >= 0.6 is 24.0 Å². The molecule has 0 amide bonds. The van der Waals surface area contributed by atoms with Crippen molar-refractivity contribution in [2.45, 2.75) is 12.8 Å². The van der Waals surface area contributed by atoms with Gasteiger partial charge in [0, 0.05) is 20.1 Å². The van der Waals surface area contributed by atoms with Crippen LogP contribution in [0.1, 0.15) is 11.1 Å². The SMILES string of the molecule is CN=C(NCCc1ccc(OC)c(OC)c1)NCCc1ccc(OC)c(OC)c1.I. The Morgan fingerprint density at radius 3 is 1.43 bits per heavy atom. The molecule has 166 valence electrons. The predicted octanol–water partition coefficient (Wildman–Crippen LogP) is 3.29. The molecule has 7 nitrogen and oxygen atoms in total. The quantitative estimate of drug-likeness (QED) is 0.280. The molecule has 0 aliphatic carbocycles. The fourth-order valence-electron chi connectivity index (χ4n) is 2.94. The molecule has 0 atom stereocenters. The van der Waals surface area contributed by atoms with Crippen LogP contribution in [-0.2, 0) is 12.8 Å². The topological polar surface area (TPSA) is 73.3 Å². The number of halogens is 1. The van der Waals surface area contributed by atoms with E-state index in [1.165, 1.54) is 0 Å². The van der Waals surface area contributed by atoms with Crippen LogP contribution in [0.15, 0.2) is 41.4 Å². The van der Waals surface area contributed by atoms with Gasteiger partial charge < -0.3 is 29.6 Å². The van der Waals surface area contributed by atoms with Gasteiger partial charge in [0.05, 0.1) is 28.4 Å². The lowest BCUT2D eigenvalue weighted by molar-refractivity contribution is 0.354. The van der Waals surface area contributed by atoms with Gasteiger partial charge in [-0.1, -0.05) is 12.1 Å². The van der Waals surface area contributed by atoms with Gasteiger partial charge in [0.25, 0.3) is 0 Å². The molecule has 2 rings (SSSR count). The molecule has 0 radical (unpaired) electrons. The third kappa shape index (κ3) is 7.47. The van der Waals surface area contributed by atoms with Gasteiger partial charge in [0.15, 0.2) is 29.0 Å². The number of rotatable bonds is 10. The van der Waals surface area contributed by atoms with E-state index in [9.17, 15) is 0 Å². The number of hydrogen-bond donors (Lipinski definition) is 2. The van der Waals surface area contributed by atoms with E-state index in [2.05, 4.69) is 15.6 Å². The van der Waals surface area contributed by atoms with Crippen LogP contribution in [0.5, 0.6) is 23.0 Å². The van der Waals surface area contributed by atoms with E-state index in [1.807, 2.05) is 36.4 Å². The molecule has 2 N–H and O–H groups in total. The monoisotopic (exact) mass is 529 g/mol. The fourth-order valence-corrected chi connectivity index (χ4v) is 2.94. The molecule has 0 heterocycles. The smallest absolute Gasteiger partial charge is 0.190 e. The van der Waals surface area contributed by atoms with Gasteiger partial charge >= 0.3 is 0 Å². The Labute approximate surface area is 196 Å². The average Bonchev–Trinajstić information content (AvgIpc) is 2.77. The molecule has 2 aromatic carbocycles. The Morgan fingerprint density at radius 2 is 1.10 bits per heavy atom. The maximum atomic E-state index is 5.35. The summed E-state index contributed by atoms with van der Waals surface area (Å²) in [7, 11) is 8.32. The van der Waals surface area contributed by atoms with Gasteiger partial charge in [-0.05, 0) is 48.2 Å². The number of aliphatic imine (C=N–C) groups is 1. The van der Waals surface area contributed by atoms with Crippen LogP contribution in [0.3, 0.4) is 0 Å². The first kappa shape index (κ1) is 25.7. The maximum Gasteiger partial charge on any atom is 0.190 e. The van der Waals surface area contributed by atoms with Crippen LogP contribution in [0.2, 0.25) is 0 Å². The van der Waals surface area contributed by atoms with Crippen molar-refractivity contribution >= 4 is 29.9 Å². The Hall–Kier alpha value is -2.36. The molecule has 0 spiro atoms. The first-order valence-corrected chi connectivity index (χ1v) is 9.51. The minimum atomic E-state index is 0. The van der Waals surface area contributed by atoms with Gasteiger partial charge in [-0.25, -0.2) is 0 Å². The lowest BCUT2D eigenvalue weighted by atomic mass is 10.1. The molecule has 0 saturated heterocycles. The normalized spacial score (nSPS) is 9.77. The van der Waals surface area contributed by atoms with Crippen molar-refractivity contribution in [1.29, 1.82) is 0 Å². The Kier molecular flexibility index (Phi) is 11.8. The molecule has 0 aliphatic heterocycles. The number of guanidine groups is 1. The summed E-state index contributed by atoms with van der Waals surface area (Å²) in [4.78, 5) is 4.28. The summed E-state index contributed by atoms with van der Waals surface area (Å²) in [5.41, 5.74) is 2.33. The summed E-state index contributed by atoms with van der Waals surface area (Å²) in [6.07, 6.45) is 1.69. The molecule has 0 aliphatic rings. The maximum absolute atomic E-state index is 5.35. The minimum Gasteiger partial charge on any atom is -0.493 e. The zero-order valence-corrected chi connectivity index (χ0v) is 20.6. The number of nitrogens with zero attached hydrogens (tertiary/aromatic N) is 1. The number of methoxy groups -OCH3 is 4. The fraction of sp³-hybridized carbons (Fsp3) is 0.409. The highest BCUT2D eigenvalue weighted by Gasteiger charge is 2.06. The van der Waals surface area contributed by atoms with E-state index >= 15 is 0 Å². The van der Waals surface area contributed by atoms with Crippen molar-refractivity contribution in [3.05, 3.63) is 47.5 Å². The van der Waals surface area contributed by atoms with Crippen LogP contribution in [-0.4, -0.2) is 54.5 Å². The minimum absolute atomic E-state index is 0. The summed E-state index contributed by atoms with van der Waals surface area (Å²) in [6, 6.07) is 11.9. The second kappa shape index (κ2) is 13.8. The van der Waals surface area contributed by atoms with Gasteiger partial charge in [0.1, 0.15) is 0 Å². The zero-order chi connectivity index (χ0) is 21.1. The van der Waals surface area contributed by atoms with Gasteiger partial charge in [0.2, 0.25) is 0 Å². The largest absolute Gasteiger partial charge is 0.493 e. The molecule has 2 aromatic rings. The van der Waals surface area contributed by atoms with Crippen LogP contribution in [0.4, 0.5) is 0 Å². The van der Waals surface area contributed by atoms with Crippen molar-refractivity contribution in [2.24, 2.45) is 4.99 Å². The van der Waals surface area contributed by atoms with E-state index in [4.69, 9.17) is 18.9 Å². The highest BCUT2D eigenvalue weighted by molar-refractivity contribution is 14.0. The second-order valence-corrected chi connectivity index (χ2v) is 6.30.